The Morgan fingerprint density at radius 1 is 1.37 bits per heavy atom. The maximum atomic E-state index is 12.2. The van der Waals surface area contributed by atoms with Crippen LogP contribution in [0, 0.1) is 17.2 Å². The first kappa shape index (κ1) is 12.0. The van der Waals surface area contributed by atoms with Gasteiger partial charge in [-0.05, 0) is 30.9 Å². The first-order chi connectivity index (χ1) is 9.28. The van der Waals surface area contributed by atoms with Crippen molar-refractivity contribution in [2.45, 2.75) is 37.8 Å². The molecule has 1 fully saturated rings. The number of carbonyl (C=O) groups excluding carboxylic acids is 1. The van der Waals surface area contributed by atoms with E-state index < -0.39 is 0 Å². The van der Waals surface area contributed by atoms with Gasteiger partial charge < -0.3 is 10.6 Å². The van der Waals surface area contributed by atoms with E-state index in [2.05, 4.69) is 16.7 Å². The van der Waals surface area contributed by atoms with Gasteiger partial charge >= 0.3 is 0 Å². The monoisotopic (exact) mass is 255 g/mol. The van der Waals surface area contributed by atoms with Crippen molar-refractivity contribution in [3.05, 3.63) is 29.8 Å². The molecule has 98 valence electrons. The highest BCUT2D eigenvalue weighted by Crippen LogP contribution is 2.27. The molecule has 2 N–H and O–H groups in total. The average Bonchev–Trinajstić information content (AvgIpc) is 3.03. The van der Waals surface area contributed by atoms with Gasteiger partial charge in [0.25, 0.3) is 0 Å². The lowest BCUT2D eigenvalue weighted by atomic mass is 10.0. The van der Waals surface area contributed by atoms with Crippen LogP contribution in [0.4, 0.5) is 5.69 Å². The van der Waals surface area contributed by atoms with Crippen molar-refractivity contribution in [2.75, 3.05) is 5.32 Å². The Balaban J connectivity index is 1.63. The van der Waals surface area contributed by atoms with Crippen molar-refractivity contribution in [3.8, 4) is 6.07 Å². The molecule has 1 saturated carbocycles. The van der Waals surface area contributed by atoms with Gasteiger partial charge in [0.1, 0.15) is 6.04 Å². The van der Waals surface area contributed by atoms with Gasteiger partial charge in [-0.3, -0.25) is 4.79 Å². The number of benzene rings is 1. The first-order valence-corrected chi connectivity index (χ1v) is 6.82. The normalized spacial score (nSPS) is 28.3. The number of carbonyl (C=O) groups is 1. The Morgan fingerprint density at radius 3 is 3.00 bits per heavy atom. The average molecular weight is 255 g/mol. The predicted octanol–water partition coefficient (Wildman–Crippen LogP) is 1.83. The lowest BCUT2D eigenvalue weighted by Gasteiger charge is -2.19. The lowest BCUT2D eigenvalue weighted by Crippen LogP contribution is -2.45. The predicted molar refractivity (Wildman–Crippen MR) is 72.4 cm³/mol. The number of amides is 1. The van der Waals surface area contributed by atoms with Gasteiger partial charge in [-0.2, -0.15) is 5.26 Å². The minimum absolute atomic E-state index is 0.0170. The number of nitriles is 1. The number of para-hydroxylation sites is 1. The summed E-state index contributed by atoms with van der Waals surface area (Å²) in [6, 6.07) is 10.1. The van der Waals surface area contributed by atoms with Gasteiger partial charge in [-0.1, -0.05) is 18.2 Å². The zero-order valence-electron chi connectivity index (χ0n) is 10.7. The van der Waals surface area contributed by atoms with Gasteiger partial charge in [0, 0.05) is 18.2 Å². The molecule has 3 unspecified atom stereocenters. The molecule has 0 saturated heterocycles. The third kappa shape index (κ3) is 2.28. The molecule has 1 aliphatic heterocycles. The van der Waals surface area contributed by atoms with Crippen molar-refractivity contribution >= 4 is 11.6 Å². The van der Waals surface area contributed by atoms with E-state index in [-0.39, 0.29) is 23.9 Å². The van der Waals surface area contributed by atoms with Crippen LogP contribution in [0.5, 0.6) is 0 Å². The Labute approximate surface area is 112 Å². The molecule has 2 aliphatic rings. The van der Waals surface area contributed by atoms with E-state index in [1.165, 1.54) is 5.56 Å². The van der Waals surface area contributed by atoms with Crippen LogP contribution in [-0.4, -0.2) is 18.0 Å². The number of rotatable bonds is 2. The molecule has 4 nitrogen and oxygen atoms in total. The molecule has 3 atom stereocenters. The number of nitrogens with zero attached hydrogens (tertiary/aromatic N) is 1. The van der Waals surface area contributed by atoms with E-state index in [4.69, 9.17) is 5.26 Å². The van der Waals surface area contributed by atoms with Gasteiger partial charge in [0.05, 0.1) is 12.0 Å². The van der Waals surface area contributed by atoms with E-state index in [0.29, 0.717) is 0 Å². The molecule has 0 radical (unpaired) electrons. The Morgan fingerprint density at radius 2 is 2.21 bits per heavy atom. The van der Waals surface area contributed by atoms with Crippen LogP contribution in [-0.2, 0) is 11.2 Å². The van der Waals surface area contributed by atoms with Crippen LogP contribution in [0.2, 0.25) is 0 Å². The molecule has 19 heavy (non-hydrogen) atoms. The largest absolute Gasteiger partial charge is 0.373 e. The van der Waals surface area contributed by atoms with Gasteiger partial charge in [-0.15, -0.1) is 0 Å². The fraction of sp³-hybridized carbons (Fsp3) is 0.467. The molecule has 4 heteroatoms. The summed E-state index contributed by atoms with van der Waals surface area (Å²) in [6.45, 7) is 0. The van der Waals surface area contributed by atoms with Crippen molar-refractivity contribution in [1.29, 1.82) is 5.26 Å². The molecule has 1 aliphatic carbocycles. The van der Waals surface area contributed by atoms with Crippen molar-refractivity contribution in [2.24, 2.45) is 5.92 Å². The summed E-state index contributed by atoms with van der Waals surface area (Å²) in [7, 11) is 0. The molecule has 0 bridgehead atoms. The smallest absolute Gasteiger partial charge is 0.243 e. The van der Waals surface area contributed by atoms with Crippen LogP contribution >= 0.6 is 0 Å². The second kappa shape index (κ2) is 4.93. The van der Waals surface area contributed by atoms with Crippen LogP contribution in [0.15, 0.2) is 24.3 Å². The van der Waals surface area contributed by atoms with Crippen LogP contribution in [0.25, 0.3) is 0 Å². The number of nitrogens with one attached hydrogen (secondary N) is 2. The third-order valence-corrected chi connectivity index (χ3v) is 4.10. The molecular weight excluding hydrogens is 238 g/mol. The van der Waals surface area contributed by atoms with E-state index in [0.717, 1.165) is 31.4 Å². The highest BCUT2D eigenvalue weighted by atomic mass is 16.2. The fourth-order valence-electron chi connectivity index (χ4n) is 3.03. The summed E-state index contributed by atoms with van der Waals surface area (Å²) < 4.78 is 0. The van der Waals surface area contributed by atoms with Gasteiger partial charge in [0.15, 0.2) is 0 Å². The number of fused-ring (bicyclic) bond motifs is 1. The maximum absolute atomic E-state index is 12.2. The minimum atomic E-state index is -0.197. The van der Waals surface area contributed by atoms with Gasteiger partial charge in [-0.25, -0.2) is 0 Å². The fourth-order valence-corrected chi connectivity index (χ4v) is 3.03. The van der Waals surface area contributed by atoms with Crippen LogP contribution < -0.4 is 10.6 Å². The summed E-state index contributed by atoms with van der Waals surface area (Å²) in [5.41, 5.74) is 2.23. The Kier molecular flexibility index (Phi) is 3.12. The summed E-state index contributed by atoms with van der Waals surface area (Å²) in [5.74, 6) is -0.00363. The highest BCUT2D eigenvalue weighted by molar-refractivity contribution is 5.87. The molecule has 1 heterocycles. The molecule has 0 aromatic heterocycles. The minimum Gasteiger partial charge on any atom is -0.373 e. The molecule has 1 aromatic rings. The lowest BCUT2D eigenvalue weighted by molar-refractivity contribution is -0.122. The first-order valence-electron chi connectivity index (χ1n) is 6.82. The topological polar surface area (TPSA) is 64.9 Å². The second-order valence-electron chi connectivity index (χ2n) is 5.34. The van der Waals surface area contributed by atoms with E-state index in [1.807, 2.05) is 24.3 Å². The third-order valence-electron chi connectivity index (χ3n) is 4.10. The van der Waals surface area contributed by atoms with Gasteiger partial charge in [0.2, 0.25) is 5.91 Å². The Hall–Kier alpha value is -2.02. The van der Waals surface area contributed by atoms with E-state index >= 15 is 0 Å². The number of hydrogen-bond acceptors (Lipinski definition) is 3. The standard InChI is InChI=1S/C15H17N3O/c16-9-11-5-3-7-13(11)18-15(19)14-8-10-4-1-2-6-12(10)17-14/h1-2,4,6,11,13-14,17H,3,5,7-8H2,(H,18,19). The number of anilines is 1. The van der Waals surface area contributed by atoms with Crippen LogP contribution in [0.1, 0.15) is 24.8 Å². The maximum Gasteiger partial charge on any atom is 0.243 e. The molecule has 3 rings (SSSR count). The second-order valence-corrected chi connectivity index (χ2v) is 5.34. The zero-order valence-corrected chi connectivity index (χ0v) is 10.7. The molecule has 1 amide bonds. The number of hydrogen-bond donors (Lipinski definition) is 2. The Bertz CT molecular complexity index is 509. The summed E-state index contributed by atoms with van der Waals surface area (Å²) >= 11 is 0. The van der Waals surface area contributed by atoms with Crippen LogP contribution in [0.3, 0.4) is 0 Å². The van der Waals surface area contributed by atoms with Crippen molar-refractivity contribution < 1.29 is 4.79 Å². The molecule has 1 aromatic carbocycles. The quantitative estimate of drug-likeness (QED) is 0.847. The summed E-state index contributed by atoms with van der Waals surface area (Å²) in [4.78, 5) is 12.2. The van der Waals surface area contributed by atoms with E-state index in [1.54, 1.807) is 0 Å². The summed E-state index contributed by atoms with van der Waals surface area (Å²) in [6.07, 6.45) is 3.58. The SMILES string of the molecule is N#CC1CCCC1NC(=O)C1Cc2ccccc2N1. The highest BCUT2D eigenvalue weighted by Gasteiger charge is 2.32. The molecular formula is C15H17N3O. The summed E-state index contributed by atoms with van der Waals surface area (Å²) in [5, 5.41) is 15.3. The van der Waals surface area contributed by atoms with E-state index in [9.17, 15) is 4.79 Å². The zero-order chi connectivity index (χ0) is 13.2. The van der Waals surface area contributed by atoms with Crippen molar-refractivity contribution in [1.82, 2.24) is 5.32 Å². The molecule has 0 spiro atoms. The van der Waals surface area contributed by atoms with Crippen molar-refractivity contribution in [3.63, 3.8) is 0 Å².